The third-order valence-corrected chi connectivity index (χ3v) is 6.80. The number of benzene rings is 3. The maximum atomic E-state index is 13.0. The number of ether oxygens (including phenoxy) is 1. The first-order valence-corrected chi connectivity index (χ1v) is 12.2. The van der Waals surface area contributed by atoms with Crippen molar-refractivity contribution in [2.75, 3.05) is 5.01 Å². The number of aryl methyl sites for hydroxylation is 2. The number of aliphatic carboxylic acids is 1. The van der Waals surface area contributed by atoms with Gasteiger partial charge in [-0.2, -0.15) is 5.10 Å². The smallest absolute Gasteiger partial charge is 0.352 e. The second kappa shape index (κ2) is 9.97. The Hall–Kier alpha value is -3.93. The van der Waals surface area contributed by atoms with Crippen molar-refractivity contribution in [2.45, 2.75) is 52.6 Å². The molecule has 3 aromatic rings. The first kappa shape index (κ1) is 25.2. The molecule has 0 radical (unpaired) electrons. The van der Waals surface area contributed by atoms with Gasteiger partial charge in [-0.1, -0.05) is 60.2 Å². The van der Waals surface area contributed by atoms with Crippen LogP contribution in [0.25, 0.3) is 0 Å². The number of carbonyl (C=O) groups is 2. The van der Waals surface area contributed by atoms with Crippen LogP contribution < -0.4 is 9.75 Å². The molecule has 1 aliphatic heterocycles. The molecule has 1 amide bonds. The van der Waals surface area contributed by atoms with Crippen molar-refractivity contribution in [3.63, 3.8) is 0 Å². The lowest BCUT2D eigenvalue weighted by molar-refractivity contribution is -0.154. The quantitative estimate of drug-likeness (QED) is 0.396. The predicted molar refractivity (Wildman–Crippen MR) is 141 cm³/mol. The van der Waals surface area contributed by atoms with Gasteiger partial charge in [0.25, 0.3) is 5.91 Å². The Kier molecular flexibility index (Phi) is 6.97. The second-order valence-electron chi connectivity index (χ2n) is 9.93. The molecule has 0 bridgehead atoms. The number of nitrogens with zero attached hydrogens (tertiary/aromatic N) is 2. The van der Waals surface area contributed by atoms with E-state index in [1.807, 2.05) is 63.2 Å². The highest BCUT2D eigenvalue weighted by Gasteiger charge is 2.43. The number of amides is 1. The summed E-state index contributed by atoms with van der Waals surface area (Å²) in [6.45, 7) is 7.44. The van der Waals surface area contributed by atoms with Crippen molar-refractivity contribution in [1.82, 2.24) is 0 Å². The highest BCUT2D eigenvalue weighted by Crippen LogP contribution is 2.34. The van der Waals surface area contributed by atoms with E-state index in [2.05, 4.69) is 5.10 Å². The van der Waals surface area contributed by atoms with Crippen LogP contribution in [0.1, 0.15) is 50.3 Å². The molecular weight excluding hydrogens is 452 g/mol. The summed E-state index contributed by atoms with van der Waals surface area (Å²) in [5.74, 6) is -0.567. The van der Waals surface area contributed by atoms with E-state index in [1.54, 1.807) is 43.3 Å². The number of hydrazone groups is 1. The molecule has 6 nitrogen and oxygen atoms in total. The summed E-state index contributed by atoms with van der Waals surface area (Å²) >= 11 is 0. The van der Waals surface area contributed by atoms with Gasteiger partial charge < -0.3 is 9.84 Å². The van der Waals surface area contributed by atoms with E-state index in [0.29, 0.717) is 17.7 Å². The van der Waals surface area contributed by atoms with Crippen molar-refractivity contribution in [3.8, 4) is 5.75 Å². The minimum absolute atomic E-state index is 0.0113. The number of rotatable bonds is 9. The Morgan fingerprint density at radius 1 is 0.972 bits per heavy atom. The van der Waals surface area contributed by atoms with Crippen molar-refractivity contribution >= 4 is 23.3 Å². The van der Waals surface area contributed by atoms with E-state index in [-0.39, 0.29) is 5.91 Å². The molecule has 6 heteroatoms. The average Bonchev–Trinajstić information content (AvgIpc) is 3.09. The van der Waals surface area contributed by atoms with Gasteiger partial charge in [-0.15, -0.1) is 0 Å². The first-order valence-electron chi connectivity index (χ1n) is 12.2. The largest absolute Gasteiger partial charge is 0.478 e. The SMILES string of the molecule is Cc1ccc(N2N=C(CCCc3ccc(OC(C)(C(=O)O)c4ccccc4)cc3)C(C)(C)C2=O)cc1. The van der Waals surface area contributed by atoms with Crippen LogP contribution in [0, 0.1) is 12.3 Å². The van der Waals surface area contributed by atoms with Crippen LogP contribution in [0.4, 0.5) is 5.69 Å². The first-order chi connectivity index (χ1) is 17.1. The van der Waals surface area contributed by atoms with Gasteiger partial charge in [0.05, 0.1) is 16.8 Å². The lowest BCUT2D eigenvalue weighted by atomic mass is 9.84. The summed E-state index contributed by atoms with van der Waals surface area (Å²) in [4.78, 5) is 25.0. The van der Waals surface area contributed by atoms with E-state index in [0.717, 1.165) is 35.4 Å². The van der Waals surface area contributed by atoms with Gasteiger partial charge >= 0.3 is 5.97 Å². The van der Waals surface area contributed by atoms with Gasteiger partial charge in [0.2, 0.25) is 5.60 Å². The fourth-order valence-corrected chi connectivity index (χ4v) is 4.30. The van der Waals surface area contributed by atoms with Crippen LogP contribution in [0.5, 0.6) is 5.75 Å². The second-order valence-corrected chi connectivity index (χ2v) is 9.93. The van der Waals surface area contributed by atoms with Crippen LogP contribution in [0.3, 0.4) is 0 Å². The van der Waals surface area contributed by atoms with Crippen LogP contribution in [-0.2, 0) is 21.6 Å². The molecule has 0 saturated heterocycles. The molecule has 1 unspecified atom stereocenters. The topological polar surface area (TPSA) is 79.2 Å². The standard InChI is InChI=1S/C30H32N2O4/c1-21-13-17-24(18-14-21)32-27(33)29(2,3)26(31-32)12-8-9-22-15-19-25(20-16-22)36-30(4,28(34)35)23-10-6-5-7-11-23/h5-7,10-11,13-20H,8-9,12H2,1-4H3,(H,34,35). The average molecular weight is 485 g/mol. The number of hydrogen-bond donors (Lipinski definition) is 1. The minimum Gasteiger partial charge on any atom is -0.478 e. The van der Waals surface area contributed by atoms with Crippen LogP contribution in [-0.4, -0.2) is 22.7 Å². The van der Waals surface area contributed by atoms with E-state index in [9.17, 15) is 14.7 Å². The van der Waals surface area contributed by atoms with Crippen molar-refractivity contribution in [1.29, 1.82) is 0 Å². The molecular formula is C30H32N2O4. The third-order valence-electron chi connectivity index (χ3n) is 6.80. The summed E-state index contributed by atoms with van der Waals surface area (Å²) in [5, 5.41) is 16.0. The summed E-state index contributed by atoms with van der Waals surface area (Å²) in [7, 11) is 0. The van der Waals surface area contributed by atoms with Crippen LogP contribution in [0.2, 0.25) is 0 Å². The van der Waals surface area contributed by atoms with E-state index < -0.39 is 17.0 Å². The zero-order valence-corrected chi connectivity index (χ0v) is 21.2. The highest BCUT2D eigenvalue weighted by molar-refractivity contribution is 6.18. The maximum absolute atomic E-state index is 13.0. The Balaban J connectivity index is 1.39. The van der Waals surface area contributed by atoms with Gasteiger partial charge in [-0.25, -0.2) is 9.80 Å². The normalized spacial score (nSPS) is 16.4. The van der Waals surface area contributed by atoms with E-state index in [4.69, 9.17) is 4.74 Å². The van der Waals surface area contributed by atoms with Crippen molar-refractivity contribution in [2.24, 2.45) is 10.5 Å². The summed E-state index contributed by atoms with van der Waals surface area (Å²) in [6.07, 6.45) is 2.36. The zero-order valence-electron chi connectivity index (χ0n) is 21.2. The molecule has 1 heterocycles. The molecule has 0 aliphatic carbocycles. The number of carboxylic acid groups (broad SMARTS) is 1. The maximum Gasteiger partial charge on any atom is 0.352 e. The lowest BCUT2D eigenvalue weighted by Crippen LogP contribution is -2.38. The molecule has 186 valence electrons. The van der Waals surface area contributed by atoms with Gasteiger partial charge in [0.1, 0.15) is 5.75 Å². The number of carboxylic acids is 1. The highest BCUT2D eigenvalue weighted by atomic mass is 16.5. The molecule has 3 aromatic carbocycles. The monoisotopic (exact) mass is 484 g/mol. The van der Waals surface area contributed by atoms with Crippen molar-refractivity contribution < 1.29 is 19.4 Å². The molecule has 1 N–H and O–H groups in total. The lowest BCUT2D eigenvalue weighted by Gasteiger charge is -2.27. The molecule has 0 saturated carbocycles. The van der Waals surface area contributed by atoms with E-state index in [1.165, 1.54) is 5.01 Å². The fourth-order valence-electron chi connectivity index (χ4n) is 4.30. The van der Waals surface area contributed by atoms with Crippen LogP contribution >= 0.6 is 0 Å². The molecule has 1 aliphatic rings. The van der Waals surface area contributed by atoms with Gasteiger partial charge in [-0.05, 0) is 76.8 Å². The fraction of sp³-hybridized carbons (Fsp3) is 0.300. The summed E-state index contributed by atoms with van der Waals surface area (Å²) in [5.41, 5.74) is 2.37. The molecule has 36 heavy (non-hydrogen) atoms. The third kappa shape index (κ3) is 5.03. The van der Waals surface area contributed by atoms with Gasteiger partial charge in [-0.3, -0.25) is 4.79 Å². The number of carbonyl (C=O) groups excluding carboxylic acids is 1. The number of hydrogen-bond acceptors (Lipinski definition) is 4. The van der Waals surface area contributed by atoms with Gasteiger partial charge in [0.15, 0.2) is 0 Å². The zero-order chi connectivity index (χ0) is 25.9. The molecule has 1 atom stereocenters. The Morgan fingerprint density at radius 2 is 1.61 bits per heavy atom. The Morgan fingerprint density at radius 3 is 2.22 bits per heavy atom. The Labute approximate surface area is 212 Å². The van der Waals surface area contributed by atoms with Crippen LogP contribution in [0.15, 0.2) is 84.0 Å². The number of anilines is 1. The van der Waals surface area contributed by atoms with E-state index >= 15 is 0 Å². The predicted octanol–water partition coefficient (Wildman–Crippen LogP) is 6.13. The summed E-state index contributed by atoms with van der Waals surface area (Å²) < 4.78 is 5.93. The molecule has 0 fully saturated rings. The summed E-state index contributed by atoms with van der Waals surface area (Å²) in [6, 6.07) is 24.3. The Bertz CT molecular complexity index is 1260. The molecule has 0 aromatic heterocycles. The van der Waals surface area contributed by atoms with Gasteiger partial charge in [0, 0.05) is 5.56 Å². The minimum atomic E-state index is -1.48. The molecule has 4 rings (SSSR count). The molecule has 0 spiro atoms. The van der Waals surface area contributed by atoms with Crippen molar-refractivity contribution in [3.05, 3.63) is 95.6 Å².